The van der Waals surface area contributed by atoms with E-state index in [1.807, 2.05) is 72.8 Å². The number of ether oxygens (including phenoxy) is 2. The van der Waals surface area contributed by atoms with E-state index < -0.39 is 12.1 Å². The molecule has 0 amide bonds. The van der Waals surface area contributed by atoms with E-state index in [-0.39, 0.29) is 24.7 Å². The fourth-order valence-electron chi connectivity index (χ4n) is 3.80. The van der Waals surface area contributed by atoms with Crippen LogP contribution in [0.2, 0.25) is 0 Å². The standard InChI is InChI=1S/C32H32N2O4/c35-31-17-9-7-15-27(31)19-33-29(23-37-21-25-11-3-1-4-12-25)30(24-38-22-26-13-5-2-6-14-26)34-20-28-16-8-10-18-32(28)36/h1-20,29-30,35-36H,21-24H2/t29-,30-/m1/s1. The van der Waals surface area contributed by atoms with Crippen molar-refractivity contribution in [2.75, 3.05) is 13.2 Å². The number of phenolic OH excluding ortho intramolecular Hbond substituents is 2. The first-order chi connectivity index (χ1) is 18.7. The Balaban J connectivity index is 1.56. The molecule has 2 atom stereocenters. The van der Waals surface area contributed by atoms with Crippen molar-refractivity contribution in [3.05, 3.63) is 131 Å². The van der Waals surface area contributed by atoms with Gasteiger partial charge >= 0.3 is 0 Å². The van der Waals surface area contributed by atoms with E-state index in [1.165, 1.54) is 0 Å². The lowest BCUT2D eigenvalue weighted by atomic mass is 10.1. The number of hydrogen-bond acceptors (Lipinski definition) is 6. The minimum absolute atomic E-state index is 0.148. The van der Waals surface area contributed by atoms with Crippen LogP contribution < -0.4 is 0 Å². The second kappa shape index (κ2) is 14.5. The molecule has 0 bridgehead atoms. The summed E-state index contributed by atoms with van der Waals surface area (Å²) in [6.07, 6.45) is 3.29. The fraction of sp³-hybridized carbons (Fsp3) is 0.188. The number of aromatic hydroxyl groups is 2. The zero-order chi connectivity index (χ0) is 26.4. The molecule has 0 unspecified atom stereocenters. The highest BCUT2D eigenvalue weighted by Gasteiger charge is 2.21. The molecule has 0 heterocycles. The minimum atomic E-state index is -0.406. The summed E-state index contributed by atoms with van der Waals surface area (Å²) in [5, 5.41) is 20.5. The van der Waals surface area contributed by atoms with Crippen molar-refractivity contribution >= 4 is 12.4 Å². The van der Waals surface area contributed by atoms with E-state index in [9.17, 15) is 10.2 Å². The molecule has 0 fully saturated rings. The summed E-state index contributed by atoms with van der Waals surface area (Å²) in [5.74, 6) is 0.296. The average Bonchev–Trinajstić information content (AvgIpc) is 2.95. The summed E-state index contributed by atoms with van der Waals surface area (Å²) in [7, 11) is 0. The maximum atomic E-state index is 10.2. The number of rotatable bonds is 13. The maximum Gasteiger partial charge on any atom is 0.124 e. The highest BCUT2D eigenvalue weighted by molar-refractivity contribution is 5.84. The van der Waals surface area contributed by atoms with Crippen molar-refractivity contribution in [3.63, 3.8) is 0 Å². The molecule has 0 aliphatic heterocycles. The Morgan fingerprint density at radius 3 is 1.29 bits per heavy atom. The third-order valence-electron chi connectivity index (χ3n) is 5.93. The molecule has 0 aromatic heterocycles. The van der Waals surface area contributed by atoms with Gasteiger partial charge in [-0.05, 0) is 35.4 Å². The average molecular weight is 509 g/mol. The van der Waals surface area contributed by atoms with Crippen LogP contribution in [0.1, 0.15) is 22.3 Å². The van der Waals surface area contributed by atoms with Gasteiger partial charge in [0.2, 0.25) is 0 Å². The van der Waals surface area contributed by atoms with Crippen LogP contribution in [0.5, 0.6) is 11.5 Å². The summed E-state index contributed by atoms with van der Waals surface area (Å²) in [5.41, 5.74) is 3.33. The van der Waals surface area contributed by atoms with E-state index in [0.29, 0.717) is 24.3 Å². The first-order valence-corrected chi connectivity index (χ1v) is 12.5. The molecule has 0 saturated heterocycles. The van der Waals surface area contributed by atoms with Crippen LogP contribution in [0, 0.1) is 0 Å². The Bertz CT molecular complexity index is 1210. The number of phenols is 2. The maximum absolute atomic E-state index is 10.2. The van der Waals surface area contributed by atoms with Crippen molar-refractivity contribution in [1.29, 1.82) is 0 Å². The molecule has 4 aromatic carbocycles. The highest BCUT2D eigenvalue weighted by Crippen LogP contribution is 2.17. The van der Waals surface area contributed by atoms with Crippen LogP contribution >= 0.6 is 0 Å². The molecule has 2 N–H and O–H groups in total. The molecule has 0 spiro atoms. The molecule has 0 saturated carbocycles. The van der Waals surface area contributed by atoms with Gasteiger partial charge in [0.1, 0.15) is 11.5 Å². The van der Waals surface area contributed by atoms with E-state index in [1.54, 1.807) is 48.8 Å². The Labute approximate surface area is 223 Å². The van der Waals surface area contributed by atoms with Gasteiger partial charge in [-0.3, -0.25) is 9.98 Å². The molecular weight excluding hydrogens is 476 g/mol. The first kappa shape index (κ1) is 26.8. The highest BCUT2D eigenvalue weighted by atomic mass is 16.5. The van der Waals surface area contributed by atoms with Crippen molar-refractivity contribution in [2.45, 2.75) is 25.3 Å². The number of benzene rings is 4. The van der Waals surface area contributed by atoms with E-state index >= 15 is 0 Å². The number of hydrogen-bond donors (Lipinski definition) is 2. The van der Waals surface area contributed by atoms with Gasteiger partial charge < -0.3 is 19.7 Å². The quantitative estimate of drug-likeness (QED) is 0.223. The smallest absolute Gasteiger partial charge is 0.124 e. The predicted molar refractivity (Wildman–Crippen MR) is 151 cm³/mol. The fourth-order valence-corrected chi connectivity index (χ4v) is 3.80. The second-order valence-corrected chi connectivity index (χ2v) is 8.81. The molecule has 194 valence electrons. The van der Waals surface area contributed by atoms with Crippen molar-refractivity contribution in [2.24, 2.45) is 9.98 Å². The third-order valence-corrected chi connectivity index (χ3v) is 5.93. The monoisotopic (exact) mass is 508 g/mol. The lowest BCUT2D eigenvalue weighted by molar-refractivity contribution is 0.0696. The summed E-state index contributed by atoms with van der Waals surface area (Å²) >= 11 is 0. The van der Waals surface area contributed by atoms with Gasteiger partial charge in [0.05, 0.1) is 38.5 Å². The van der Waals surface area contributed by atoms with Crippen LogP contribution in [0.4, 0.5) is 0 Å². The molecule has 6 heteroatoms. The van der Waals surface area contributed by atoms with Gasteiger partial charge in [0.25, 0.3) is 0 Å². The summed E-state index contributed by atoms with van der Waals surface area (Å²) in [4.78, 5) is 9.56. The SMILES string of the molecule is Oc1ccccc1C=N[C@H](COCc1ccccc1)[C@@H](COCc1ccccc1)N=Cc1ccccc1O. The lowest BCUT2D eigenvalue weighted by Crippen LogP contribution is -2.32. The van der Waals surface area contributed by atoms with Gasteiger partial charge in [-0.1, -0.05) is 84.9 Å². The third kappa shape index (κ3) is 8.40. The summed E-state index contributed by atoms with van der Waals surface area (Å²) in [6, 6.07) is 33.1. The zero-order valence-corrected chi connectivity index (χ0v) is 21.1. The van der Waals surface area contributed by atoms with Crippen molar-refractivity contribution in [1.82, 2.24) is 0 Å². The molecule has 0 radical (unpaired) electrons. The van der Waals surface area contributed by atoms with Gasteiger partial charge in [-0.25, -0.2) is 0 Å². The van der Waals surface area contributed by atoms with E-state index in [0.717, 1.165) is 11.1 Å². The van der Waals surface area contributed by atoms with Crippen LogP contribution in [0.3, 0.4) is 0 Å². The largest absolute Gasteiger partial charge is 0.507 e. The van der Waals surface area contributed by atoms with Crippen LogP contribution in [-0.4, -0.2) is 47.9 Å². The van der Waals surface area contributed by atoms with Gasteiger partial charge in [-0.2, -0.15) is 0 Å². The van der Waals surface area contributed by atoms with Gasteiger partial charge in [0.15, 0.2) is 0 Å². The van der Waals surface area contributed by atoms with E-state index in [2.05, 4.69) is 0 Å². The van der Waals surface area contributed by atoms with Crippen LogP contribution in [0.15, 0.2) is 119 Å². The summed E-state index contributed by atoms with van der Waals surface area (Å²) in [6.45, 7) is 1.45. The summed E-state index contributed by atoms with van der Waals surface area (Å²) < 4.78 is 12.1. The van der Waals surface area contributed by atoms with E-state index in [4.69, 9.17) is 19.5 Å². The normalized spacial score (nSPS) is 13.2. The number of aliphatic imine (C=N–C) groups is 2. The topological polar surface area (TPSA) is 83.6 Å². The lowest BCUT2D eigenvalue weighted by Gasteiger charge is -2.21. The molecule has 0 aliphatic rings. The van der Waals surface area contributed by atoms with Gasteiger partial charge in [0, 0.05) is 23.6 Å². The Kier molecular flexibility index (Phi) is 10.2. The van der Waals surface area contributed by atoms with Crippen LogP contribution in [-0.2, 0) is 22.7 Å². The number of para-hydroxylation sites is 2. The molecule has 0 aliphatic carbocycles. The number of nitrogens with zero attached hydrogens (tertiary/aromatic N) is 2. The first-order valence-electron chi connectivity index (χ1n) is 12.5. The molecule has 38 heavy (non-hydrogen) atoms. The molecule has 4 aromatic rings. The Morgan fingerprint density at radius 2 is 0.895 bits per heavy atom. The minimum Gasteiger partial charge on any atom is -0.507 e. The predicted octanol–water partition coefficient (Wildman–Crippen LogP) is 5.81. The Morgan fingerprint density at radius 1 is 0.526 bits per heavy atom. The zero-order valence-electron chi connectivity index (χ0n) is 21.1. The van der Waals surface area contributed by atoms with Crippen LogP contribution in [0.25, 0.3) is 0 Å². The van der Waals surface area contributed by atoms with Gasteiger partial charge in [-0.15, -0.1) is 0 Å². The second-order valence-electron chi connectivity index (χ2n) is 8.81. The molecule has 6 nitrogen and oxygen atoms in total. The molecular formula is C32H32N2O4. The molecule has 4 rings (SSSR count). The Hall–Kier alpha value is -4.26. The van der Waals surface area contributed by atoms with Crippen molar-refractivity contribution < 1.29 is 19.7 Å². The van der Waals surface area contributed by atoms with Crippen molar-refractivity contribution in [3.8, 4) is 11.5 Å².